The summed E-state index contributed by atoms with van der Waals surface area (Å²) in [5.74, 6) is -0.402. The number of anilines is 1. The van der Waals surface area contributed by atoms with Crippen molar-refractivity contribution in [3.63, 3.8) is 0 Å². The normalized spacial score (nSPS) is 9.81. The summed E-state index contributed by atoms with van der Waals surface area (Å²) in [6.45, 7) is 3.30. The lowest BCUT2D eigenvalue weighted by Gasteiger charge is -2.09. The number of benzene rings is 2. The van der Waals surface area contributed by atoms with Crippen LogP contribution in [0.2, 0.25) is 0 Å². The number of esters is 1. The van der Waals surface area contributed by atoms with Crippen LogP contribution in [0.1, 0.15) is 22.8 Å². The Morgan fingerprint density at radius 1 is 1.05 bits per heavy atom. The van der Waals surface area contributed by atoms with Gasteiger partial charge in [0.05, 0.1) is 5.69 Å². The third kappa shape index (κ3) is 4.35. The van der Waals surface area contributed by atoms with Crippen LogP contribution < -0.4 is 15.6 Å². The Bertz CT molecular complexity index is 651. The van der Waals surface area contributed by atoms with E-state index in [1.807, 2.05) is 31.2 Å². The Labute approximate surface area is 122 Å². The third-order valence-corrected chi connectivity index (χ3v) is 2.73. The number of hydrogen-bond donors (Lipinski definition) is 2. The maximum atomic E-state index is 12.0. The number of nitrogens with one attached hydrogen (secondary N) is 2. The van der Waals surface area contributed by atoms with E-state index in [0.29, 0.717) is 11.3 Å². The van der Waals surface area contributed by atoms with Crippen molar-refractivity contribution in [2.45, 2.75) is 13.8 Å². The van der Waals surface area contributed by atoms with Crippen LogP contribution in [0.3, 0.4) is 0 Å². The SMILES string of the molecule is CC(=O)Oc1cccc(C(=O)NNc2ccc(C)cc2)c1. The minimum absolute atomic E-state index is 0.315. The van der Waals surface area contributed by atoms with E-state index in [4.69, 9.17) is 4.74 Å². The van der Waals surface area contributed by atoms with E-state index in [1.54, 1.807) is 18.2 Å². The van der Waals surface area contributed by atoms with Crippen molar-refractivity contribution in [3.8, 4) is 5.75 Å². The van der Waals surface area contributed by atoms with Crippen LogP contribution in [-0.2, 0) is 4.79 Å². The molecule has 2 N–H and O–H groups in total. The standard InChI is InChI=1S/C16H16N2O3/c1-11-6-8-14(9-7-11)17-18-16(20)13-4-3-5-15(10-13)21-12(2)19/h3-10,17H,1-2H3,(H,18,20). The van der Waals surface area contributed by atoms with Gasteiger partial charge in [-0.1, -0.05) is 23.8 Å². The summed E-state index contributed by atoms with van der Waals surface area (Å²) in [7, 11) is 0. The smallest absolute Gasteiger partial charge is 0.308 e. The van der Waals surface area contributed by atoms with Crippen LogP contribution in [-0.4, -0.2) is 11.9 Å². The van der Waals surface area contributed by atoms with Gasteiger partial charge in [0.25, 0.3) is 5.91 Å². The molecule has 21 heavy (non-hydrogen) atoms. The lowest BCUT2D eigenvalue weighted by Crippen LogP contribution is -2.29. The Hall–Kier alpha value is -2.82. The zero-order valence-electron chi connectivity index (χ0n) is 11.8. The molecule has 0 aliphatic heterocycles. The van der Waals surface area contributed by atoms with Crippen molar-refractivity contribution in [1.82, 2.24) is 5.43 Å². The second kappa shape index (κ2) is 6.56. The Morgan fingerprint density at radius 3 is 2.43 bits per heavy atom. The van der Waals surface area contributed by atoms with Crippen molar-refractivity contribution in [2.75, 3.05) is 5.43 Å². The molecule has 108 valence electrons. The van der Waals surface area contributed by atoms with Gasteiger partial charge in [-0.15, -0.1) is 0 Å². The zero-order chi connectivity index (χ0) is 15.2. The minimum atomic E-state index is -0.426. The fourth-order valence-electron chi connectivity index (χ4n) is 1.70. The second-order valence-corrected chi connectivity index (χ2v) is 4.57. The molecule has 1 amide bonds. The topological polar surface area (TPSA) is 67.4 Å². The summed E-state index contributed by atoms with van der Waals surface area (Å²) in [5, 5.41) is 0. The van der Waals surface area contributed by atoms with E-state index in [2.05, 4.69) is 10.9 Å². The van der Waals surface area contributed by atoms with Gasteiger partial charge in [0.2, 0.25) is 0 Å². The summed E-state index contributed by atoms with van der Waals surface area (Å²) in [6, 6.07) is 14.0. The van der Waals surface area contributed by atoms with Gasteiger partial charge in [0.15, 0.2) is 0 Å². The van der Waals surface area contributed by atoms with Crippen molar-refractivity contribution in [3.05, 3.63) is 59.7 Å². The lowest BCUT2D eigenvalue weighted by molar-refractivity contribution is -0.131. The van der Waals surface area contributed by atoms with Crippen molar-refractivity contribution in [1.29, 1.82) is 0 Å². The molecule has 0 fully saturated rings. The van der Waals surface area contributed by atoms with Gasteiger partial charge in [-0.25, -0.2) is 0 Å². The Balaban J connectivity index is 1.99. The molecule has 0 radical (unpaired) electrons. The Morgan fingerprint density at radius 2 is 1.76 bits per heavy atom. The van der Waals surface area contributed by atoms with Gasteiger partial charge in [-0.3, -0.25) is 20.4 Å². The number of ether oxygens (including phenoxy) is 1. The molecule has 0 spiro atoms. The molecule has 0 heterocycles. The minimum Gasteiger partial charge on any atom is -0.427 e. The van der Waals surface area contributed by atoms with E-state index in [9.17, 15) is 9.59 Å². The largest absolute Gasteiger partial charge is 0.427 e. The molecule has 0 atom stereocenters. The number of amides is 1. The second-order valence-electron chi connectivity index (χ2n) is 4.57. The molecule has 2 aromatic carbocycles. The molecule has 0 aromatic heterocycles. The molecule has 2 rings (SSSR count). The highest BCUT2D eigenvalue weighted by Crippen LogP contribution is 2.14. The summed E-state index contributed by atoms with van der Waals surface area (Å²) >= 11 is 0. The fourth-order valence-corrected chi connectivity index (χ4v) is 1.70. The van der Waals surface area contributed by atoms with Gasteiger partial charge >= 0.3 is 5.97 Å². The average molecular weight is 284 g/mol. The van der Waals surface area contributed by atoms with Crippen LogP contribution in [0.15, 0.2) is 48.5 Å². The van der Waals surface area contributed by atoms with E-state index >= 15 is 0 Å². The number of aryl methyl sites for hydroxylation is 1. The van der Waals surface area contributed by atoms with Crippen LogP contribution >= 0.6 is 0 Å². The highest BCUT2D eigenvalue weighted by molar-refractivity contribution is 5.95. The van der Waals surface area contributed by atoms with E-state index in [-0.39, 0.29) is 5.91 Å². The molecule has 0 saturated carbocycles. The predicted molar refractivity (Wildman–Crippen MR) is 80.0 cm³/mol. The predicted octanol–water partition coefficient (Wildman–Crippen LogP) is 2.68. The number of carbonyl (C=O) groups excluding carboxylic acids is 2. The molecule has 0 saturated heterocycles. The summed E-state index contributed by atoms with van der Waals surface area (Å²) < 4.78 is 4.94. The first-order valence-corrected chi connectivity index (χ1v) is 6.46. The first-order valence-electron chi connectivity index (χ1n) is 6.46. The number of hydrogen-bond acceptors (Lipinski definition) is 4. The maximum absolute atomic E-state index is 12.0. The van der Waals surface area contributed by atoms with Crippen LogP contribution in [0.25, 0.3) is 0 Å². The molecule has 0 bridgehead atoms. The first-order chi connectivity index (χ1) is 10.0. The number of rotatable bonds is 4. The molecule has 0 unspecified atom stereocenters. The quantitative estimate of drug-likeness (QED) is 0.514. The average Bonchev–Trinajstić information content (AvgIpc) is 2.46. The van der Waals surface area contributed by atoms with Crippen LogP contribution in [0, 0.1) is 6.92 Å². The molecule has 5 nitrogen and oxygen atoms in total. The fraction of sp³-hybridized carbons (Fsp3) is 0.125. The summed E-state index contributed by atoms with van der Waals surface area (Å²) in [5.41, 5.74) is 7.73. The number of hydrazine groups is 1. The van der Waals surface area contributed by atoms with E-state index in [0.717, 1.165) is 11.3 Å². The van der Waals surface area contributed by atoms with E-state index in [1.165, 1.54) is 13.0 Å². The molecular formula is C16H16N2O3. The van der Waals surface area contributed by atoms with Crippen LogP contribution in [0.4, 0.5) is 5.69 Å². The molecule has 0 aliphatic carbocycles. The molecule has 2 aromatic rings. The van der Waals surface area contributed by atoms with E-state index < -0.39 is 5.97 Å². The molecule has 5 heteroatoms. The van der Waals surface area contributed by atoms with Gasteiger partial charge < -0.3 is 4.74 Å². The highest BCUT2D eigenvalue weighted by atomic mass is 16.5. The van der Waals surface area contributed by atoms with Gasteiger partial charge in [-0.05, 0) is 37.3 Å². The van der Waals surface area contributed by atoms with Gasteiger partial charge in [0, 0.05) is 12.5 Å². The monoisotopic (exact) mass is 284 g/mol. The van der Waals surface area contributed by atoms with Crippen molar-refractivity contribution < 1.29 is 14.3 Å². The highest BCUT2D eigenvalue weighted by Gasteiger charge is 2.07. The van der Waals surface area contributed by atoms with Crippen molar-refractivity contribution in [2.24, 2.45) is 0 Å². The van der Waals surface area contributed by atoms with Crippen LogP contribution in [0.5, 0.6) is 5.75 Å². The molecule has 0 aliphatic rings. The molecular weight excluding hydrogens is 268 g/mol. The van der Waals surface area contributed by atoms with Crippen molar-refractivity contribution >= 4 is 17.6 Å². The van der Waals surface area contributed by atoms with Gasteiger partial charge in [0.1, 0.15) is 5.75 Å². The third-order valence-electron chi connectivity index (χ3n) is 2.73. The zero-order valence-corrected chi connectivity index (χ0v) is 11.8. The summed E-state index contributed by atoms with van der Waals surface area (Å²) in [4.78, 5) is 22.9. The Kier molecular flexibility index (Phi) is 4.56. The first kappa shape index (κ1) is 14.6. The maximum Gasteiger partial charge on any atom is 0.308 e. The van der Waals surface area contributed by atoms with Gasteiger partial charge in [-0.2, -0.15) is 0 Å². The number of carbonyl (C=O) groups is 2. The lowest BCUT2D eigenvalue weighted by atomic mass is 10.2. The summed E-state index contributed by atoms with van der Waals surface area (Å²) in [6.07, 6.45) is 0.